The molecule has 7 aliphatic rings. The van der Waals surface area contributed by atoms with Crippen molar-refractivity contribution in [2.75, 3.05) is 4.90 Å². The molecule has 5 heterocycles. The lowest BCUT2D eigenvalue weighted by Gasteiger charge is -2.38. The molecule has 5 aromatic rings. The Kier molecular flexibility index (Phi) is 9.45. The third-order valence-corrected chi connectivity index (χ3v) is 14.0. The summed E-state index contributed by atoms with van der Waals surface area (Å²) in [7, 11) is 0. The molecule has 3 aliphatic heterocycles. The molecule has 2 aromatic heterocycles. The molecule has 7 heteroatoms. The molecular weight excluding hydrogens is 783 g/mol. The number of allylic oxidation sites excluding steroid dienone is 16. The third-order valence-electron chi connectivity index (χ3n) is 14.0. The highest BCUT2D eigenvalue weighted by atomic mass is 15.2. The summed E-state index contributed by atoms with van der Waals surface area (Å²) >= 11 is 0. The van der Waals surface area contributed by atoms with Crippen LogP contribution in [-0.2, 0) is 0 Å². The number of hydrogen-bond acceptors (Lipinski definition) is 6. The van der Waals surface area contributed by atoms with Gasteiger partial charge >= 0.3 is 0 Å². The van der Waals surface area contributed by atoms with Gasteiger partial charge in [-0.3, -0.25) is 4.99 Å². The molecule has 0 amide bonds. The lowest BCUT2D eigenvalue weighted by molar-refractivity contribution is 0.583. The molecule has 0 fully saturated rings. The van der Waals surface area contributed by atoms with Crippen LogP contribution < -0.4 is 10.2 Å². The molecule has 312 valence electrons. The second kappa shape index (κ2) is 15.8. The maximum Gasteiger partial charge on any atom is 0.165 e. The molecule has 0 bridgehead atoms. The van der Waals surface area contributed by atoms with Gasteiger partial charge in [0.25, 0.3) is 0 Å². The minimum absolute atomic E-state index is 0.0115. The number of anilines is 1. The van der Waals surface area contributed by atoms with Gasteiger partial charge in [0.05, 0.1) is 23.0 Å². The van der Waals surface area contributed by atoms with E-state index in [1.54, 1.807) is 0 Å². The van der Waals surface area contributed by atoms with Crippen molar-refractivity contribution in [3.63, 3.8) is 0 Å². The van der Waals surface area contributed by atoms with E-state index in [0.29, 0.717) is 11.7 Å². The molecule has 3 aromatic carbocycles. The van der Waals surface area contributed by atoms with Crippen molar-refractivity contribution in [2.45, 2.75) is 56.9 Å². The van der Waals surface area contributed by atoms with Gasteiger partial charge in [0.2, 0.25) is 0 Å². The number of rotatable bonds is 7. The number of aromatic nitrogens is 4. The van der Waals surface area contributed by atoms with Gasteiger partial charge in [-0.05, 0) is 67.0 Å². The summed E-state index contributed by atoms with van der Waals surface area (Å²) in [5.74, 6) is 2.87. The van der Waals surface area contributed by atoms with Gasteiger partial charge in [-0.15, -0.1) is 5.73 Å². The standard InChI is InChI=1S/C57H49N7/c1-36-32-34-59-48(35-36)44-24-16-26-46(54(44)64-51-30-11-7-21-41(51)42-22-8-12-31-52(42)64)57-61-55(38-18-4-3-17-37(38)2)60-56(62-57)45-25-15-23-43(47-27-13-14-33-58-47)53(45)63-49-28-9-5-19-39(49)40-20-6-10-29-50(40)63/h3-13,15-22,24-25,27-34,36-39,43,46,49,58H,23,26,35H2,1-2H3/t36?,37?,38?,39?,43?,46-,49?/m1/s1. The molecule has 1 N–H and O–H groups in total. The summed E-state index contributed by atoms with van der Waals surface area (Å²) in [6.07, 6.45) is 39.8. The summed E-state index contributed by atoms with van der Waals surface area (Å²) in [6, 6.07) is 26.6. The number of nitrogens with one attached hydrogen (secondary N) is 1. The number of fused-ring (bicyclic) bond motifs is 6. The fourth-order valence-electron chi connectivity index (χ4n) is 11.0. The van der Waals surface area contributed by atoms with E-state index in [1.165, 1.54) is 27.7 Å². The zero-order valence-corrected chi connectivity index (χ0v) is 36.1. The first-order valence-corrected chi connectivity index (χ1v) is 22.9. The molecule has 0 radical (unpaired) electrons. The number of para-hydroxylation sites is 3. The average molecular weight is 832 g/mol. The molecule has 0 saturated heterocycles. The fourth-order valence-corrected chi connectivity index (χ4v) is 11.0. The second-order valence-corrected chi connectivity index (χ2v) is 17.9. The van der Waals surface area contributed by atoms with Gasteiger partial charge in [-0.2, -0.15) is 0 Å². The highest BCUT2D eigenvalue weighted by Gasteiger charge is 2.43. The van der Waals surface area contributed by atoms with Crippen molar-refractivity contribution >= 4 is 44.5 Å². The van der Waals surface area contributed by atoms with Gasteiger partial charge in [0.1, 0.15) is 11.6 Å². The Morgan fingerprint density at radius 1 is 0.672 bits per heavy atom. The number of benzene rings is 3. The van der Waals surface area contributed by atoms with Crippen molar-refractivity contribution in [3.05, 3.63) is 222 Å². The summed E-state index contributed by atoms with van der Waals surface area (Å²) in [5, 5.41) is 6.04. The summed E-state index contributed by atoms with van der Waals surface area (Å²) < 4.78 is 2.49. The van der Waals surface area contributed by atoms with Crippen molar-refractivity contribution in [3.8, 4) is 0 Å². The molecule has 0 saturated carbocycles. The summed E-state index contributed by atoms with van der Waals surface area (Å²) in [5.41, 5.74) is 14.8. The fraction of sp³-hybridized carbons (Fsp3) is 0.211. The molecule has 12 rings (SSSR count). The van der Waals surface area contributed by atoms with E-state index in [-0.39, 0.29) is 35.6 Å². The van der Waals surface area contributed by atoms with E-state index >= 15 is 0 Å². The first-order chi connectivity index (χ1) is 31.6. The van der Waals surface area contributed by atoms with Crippen molar-refractivity contribution in [1.82, 2.24) is 24.8 Å². The SMILES string of the molecule is CC1C=CN=C(C2=C(n3c4ccccc4c4ccccc43)[C@H](c3nc(C4=C(N5c6ccccc6C6C=CC=CC65)C(C5=CC=C=CN5)CC=C4)nc(C4C=CC=CC4C)n3)CC=C2)C1. The number of hydrogen-bond donors (Lipinski definition) is 1. The van der Waals surface area contributed by atoms with Crippen LogP contribution in [0.15, 0.2) is 204 Å². The van der Waals surface area contributed by atoms with E-state index in [9.17, 15) is 0 Å². The maximum absolute atomic E-state index is 5.74. The smallest absolute Gasteiger partial charge is 0.165 e. The van der Waals surface area contributed by atoms with Crippen LogP contribution in [0.25, 0.3) is 33.1 Å². The summed E-state index contributed by atoms with van der Waals surface area (Å²) in [6.45, 7) is 4.54. The minimum Gasteiger partial charge on any atom is -0.358 e. The summed E-state index contributed by atoms with van der Waals surface area (Å²) in [4.78, 5) is 24.6. The first kappa shape index (κ1) is 38.3. The Balaban J connectivity index is 1.13. The van der Waals surface area contributed by atoms with Crippen LogP contribution >= 0.6 is 0 Å². The lowest BCUT2D eigenvalue weighted by atomic mass is 9.84. The van der Waals surface area contributed by atoms with Crippen LogP contribution in [0.3, 0.4) is 0 Å². The van der Waals surface area contributed by atoms with Crippen LogP contribution in [0, 0.1) is 17.8 Å². The third kappa shape index (κ3) is 6.33. The number of nitrogens with zero attached hydrogens (tertiary/aromatic N) is 6. The monoisotopic (exact) mass is 831 g/mol. The van der Waals surface area contributed by atoms with Gasteiger partial charge in [0.15, 0.2) is 5.82 Å². The van der Waals surface area contributed by atoms with Crippen LogP contribution in [0.2, 0.25) is 0 Å². The average Bonchev–Trinajstić information content (AvgIpc) is 3.86. The first-order valence-electron chi connectivity index (χ1n) is 22.9. The quantitative estimate of drug-likeness (QED) is 0.165. The van der Waals surface area contributed by atoms with E-state index in [4.69, 9.17) is 19.9 Å². The number of aliphatic imine (C=N–C) groups is 1. The van der Waals surface area contributed by atoms with Crippen LogP contribution in [0.5, 0.6) is 0 Å². The van der Waals surface area contributed by atoms with Crippen molar-refractivity contribution in [1.29, 1.82) is 0 Å². The minimum atomic E-state index is -0.198. The maximum atomic E-state index is 5.74. The van der Waals surface area contributed by atoms with Crippen LogP contribution in [-0.4, -0.2) is 31.3 Å². The van der Waals surface area contributed by atoms with Crippen LogP contribution in [0.1, 0.15) is 73.9 Å². The zero-order valence-electron chi connectivity index (χ0n) is 36.1. The van der Waals surface area contributed by atoms with E-state index in [1.807, 2.05) is 18.5 Å². The molecule has 7 nitrogen and oxygen atoms in total. The van der Waals surface area contributed by atoms with E-state index in [0.717, 1.165) is 70.2 Å². The normalized spacial score (nSPS) is 26.5. The highest BCUT2D eigenvalue weighted by molar-refractivity contribution is 6.14. The van der Waals surface area contributed by atoms with Gasteiger partial charge in [0, 0.05) is 80.6 Å². The molecule has 0 spiro atoms. The van der Waals surface area contributed by atoms with Crippen molar-refractivity contribution in [2.24, 2.45) is 22.7 Å². The second-order valence-electron chi connectivity index (χ2n) is 17.9. The Morgan fingerprint density at radius 2 is 1.38 bits per heavy atom. The van der Waals surface area contributed by atoms with E-state index < -0.39 is 0 Å². The zero-order chi connectivity index (χ0) is 42.7. The van der Waals surface area contributed by atoms with Gasteiger partial charge < -0.3 is 14.8 Å². The largest absolute Gasteiger partial charge is 0.358 e. The van der Waals surface area contributed by atoms with E-state index in [2.05, 4.69) is 192 Å². The van der Waals surface area contributed by atoms with Crippen molar-refractivity contribution < 1.29 is 0 Å². The van der Waals surface area contributed by atoms with Gasteiger partial charge in [-0.1, -0.05) is 147 Å². The Labute approximate surface area is 374 Å². The molecule has 7 atom stereocenters. The molecule has 4 aliphatic carbocycles. The topological polar surface area (TPSA) is 71.2 Å². The Hall–Kier alpha value is -7.34. The molecular formula is C57H49N7. The molecule has 64 heavy (non-hydrogen) atoms. The predicted molar refractivity (Wildman–Crippen MR) is 261 cm³/mol. The highest BCUT2D eigenvalue weighted by Crippen LogP contribution is 2.51. The van der Waals surface area contributed by atoms with Crippen LogP contribution in [0.4, 0.5) is 5.69 Å². The Bertz CT molecular complexity index is 3130. The predicted octanol–water partition coefficient (Wildman–Crippen LogP) is 12.3. The molecule has 6 unspecified atom stereocenters. The van der Waals surface area contributed by atoms with Gasteiger partial charge in [-0.25, -0.2) is 15.0 Å². The Morgan fingerprint density at radius 3 is 2.16 bits per heavy atom. The lowest BCUT2D eigenvalue weighted by Crippen LogP contribution is -2.38.